The minimum absolute atomic E-state index is 0.0659. The van der Waals surface area contributed by atoms with Crippen LogP contribution in [-0.4, -0.2) is 42.6 Å². The lowest BCUT2D eigenvalue weighted by molar-refractivity contribution is -0.186. The maximum Gasteiger partial charge on any atom is 0.471 e. The lowest BCUT2D eigenvalue weighted by atomic mass is 9.97. The van der Waals surface area contributed by atoms with Crippen molar-refractivity contribution in [3.05, 3.63) is 17.0 Å². The highest BCUT2D eigenvalue weighted by Crippen LogP contribution is 2.24. The average molecular weight is 349 g/mol. The predicted octanol–water partition coefficient (Wildman–Crippen LogP) is 2.98. The number of hydrogen-bond acceptors (Lipinski definition) is 3. The lowest BCUT2D eigenvalue weighted by Crippen LogP contribution is -2.46. The smallest absolute Gasteiger partial charge is 0.338 e. The molecule has 1 aromatic heterocycles. The van der Waals surface area contributed by atoms with E-state index in [0.717, 1.165) is 14.8 Å². The van der Waals surface area contributed by atoms with Crippen LogP contribution in [0.5, 0.6) is 0 Å². The van der Waals surface area contributed by atoms with E-state index in [0.29, 0.717) is 19.4 Å². The van der Waals surface area contributed by atoms with Crippen LogP contribution in [0.1, 0.15) is 17.7 Å². The lowest BCUT2D eigenvalue weighted by Gasteiger charge is -2.32. The maximum absolute atomic E-state index is 12.3. The second kappa shape index (κ2) is 7.20. The molecule has 1 fully saturated rings. The third-order valence-electron chi connectivity index (χ3n) is 3.67. The first-order valence-corrected chi connectivity index (χ1v) is 8.04. The second-order valence-electron chi connectivity index (χ2n) is 5.48. The number of thiophene rings is 1. The van der Waals surface area contributed by atoms with Crippen molar-refractivity contribution in [1.29, 1.82) is 0 Å². The molecule has 0 radical (unpaired) electrons. The first-order chi connectivity index (χ1) is 10.8. The fourth-order valence-electron chi connectivity index (χ4n) is 2.41. The van der Waals surface area contributed by atoms with E-state index in [9.17, 15) is 22.8 Å². The molecule has 0 unspecified atom stereocenters. The van der Waals surface area contributed by atoms with Gasteiger partial charge in [0.25, 0.3) is 0 Å². The molecule has 3 amide bonds. The van der Waals surface area contributed by atoms with Crippen molar-refractivity contribution in [2.45, 2.75) is 25.9 Å². The Morgan fingerprint density at radius 3 is 2.48 bits per heavy atom. The van der Waals surface area contributed by atoms with E-state index >= 15 is 0 Å². The summed E-state index contributed by atoms with van der Waals surface area (Å²) in [6.45, 7) is 2.45. The molecular formula is C14H18F3N3O2S. The standard InChI is InChI=1S/C14H18F3N3O2S/c1-9-2-3-11(23-9)19-13(22)18-8-10-4-6-20(7-5-10)12(21)14(15,16)17/h2-3,10H,4-8H2,1H3,(H2,18,19,22). The van der Waals surface area contributed by atoms with Gasteiger partial charge in [-0.05, 0) is 37.8 Å². The van der Waals surface area contributed by atoms with E-state index in [1.165, 1.54) is 11.3 Å². The van der Waals surface area contributed by atoms with Crippen molar-refractivity contribution in [1.82, 2.24) is 10.2 Å². The molecule has 1 aliphatic heterocycles. The number of nitrogens with one attached hydrogen (secondary N) is 2. The Bertz CT molecular complexity index is 566. The molecule has 1 aromatic rings. The number of hydrogen-bond donors (Lipinski definition) is 2. The van der Waals surface area contributed by atoms with Crippen LogP contribution in [0.2, 0.25) is 0 Å². The van der Waals surface area contributed by atoms with Crippen LogP contribution in [0, 0.1) is 12.8 Å². The van der Waals surface area contributed by atoms with E-state index < -0.39 is 12.1 Å². The zero-order chi connectivity index (χ0) is 17.0. The first-order valence-electron chi connectivity index (χ1n) is 7.23. The molecule has 0 spiro atoms. The number of carbonyl (C=O) groups excluding carboxylic acids is 2. The number of anilines is 1. The van der Waals surface area contributed by atoms with Gasteiger partial charge in [0.15, 0.2) is 0 Å². The Balaban J connectivity index is 1.70. The molecule has 1 saturated heterocycles. The van der Waals surface area contributed by atoms with Gasteiger partial charge in [-0.15, -0.1) is 11.3 Å². The Kier molecular flexibility index (Phi) is 5.51. The van der Waals surface area contributed by atoms with Crippen molar-refractivity contribution < 1.29 is 22.8 Å². The fourth-order valence-corrected chi connectivity index (χ4v) is 3.18. The van der Waals surface area contributed by atoms with Crippen LogP contribution >= 0.6 is 11.3 Å². The quantitative estimate of drug-likeness (QED) is 0.881. The fraction of sp³-hybridized carbons (Fsp3) is 0.571. The molecule has 128 valence electrons. The molecule has 2 rings (SSSR count). The van der Waals surface area contributed by atoms with Gasteiger partial charge in [-0.3, -0.25) is 10.1 Å². The van der Waals surface area contributed by atoms with Crippen LogP contribution in [0.15, 0.2) is 12.1 Å². The summed E-state index contributed by atoms with van der Waals surface area (Å²) in [6.07, 6.45) is -3.93. The largest absolute Gasteiger partial charge is 0.471 e. The Labute approximate surface area is 135 Å². The number of aryl methyl sites for hydroxylation is 1. The number of urea groups is 1. The molecular weight excluding hydrogens is 331 g/mol. The number of alkyl halides is 3. The molecule has 0 aromatic carbocycles. The third-order valence-corrected chi connectivity index (χ3v) is 4.59. The number of halogens is 3. The van der Waals surface area contributed by atoms with Crippen molar-refractivity contribution in [2.24, 2.45) is 5.92 Å². The Hall–Kier alpha value is -1.77. The normalized spacial score (nSPS) is 16.3. The molecule has 1 aliphatic rings. The van der Waals surface area contributed by atoms with Gasteiger partial charge in [0.1, 0.15) is 0 Å². The molecule has 0 atom stereocenters. The molecule has 2 heterocycles. The van der Waals surface area contributed by atoms with E-state index in [-0.39, 0.29) is 25.0 Å². The van der Waals surface area contributed by atoms with Crippen LogP contribution in [-0.2, 0) is 4.79 Å². The first kappa shape index (κ1) is 17.6. The van der Waals surface area contributed by atoms with Crippen LogP contribution in [0.3, 0.4) is 0 Å². The minimum Gasteiger partial charge on any atom is -0.338 e. The summed E-state index contributed by atoms with van der Waals surface area (Å²) in [5.74, 6) is -1.71. The van der Waals surface area contributed by atoms with Gasteiger partial charge in [0, 0.05) is 24.5 Å². The van der Waals surface area contributed by atoms with Crippen LogP contribution < -0.4 is 10.6 Å². The van der Waals surface area contributed by atoms with Gasteiger partial charge in [-0.2, -0.15) is 13.2 Å². The van der Waals surface area contributed by atoms with Gasteiger partial charge >= 0.3 is 18.1 Å². The predicted molar refractivity (Wildman–Crippen MR) is 81.4 cm³/mol. The van der Waals surface area contributed by atoms with Gasteiger partial charge in [0.05, 0.1) is 5.00 Å². The van der Waals surface area contributed by atoms with Gasteiger partial charge in [0.2, 0.25) is 0 Å². The van der Waals surface area contributed by atoms with Gasteiger partial charge in [-0.1, -0.05) is 0 Å². The summed E-state index contributed by atoms with van der Waals surface area (Å²) < 4.78 is 37.0. The summed E-state index contributed by atoms with van der Waals surface area (Å²) in [5.41, 5.74) is 0. The van der Waals surface area contributed by atoms with Crippen molar-refractivity contribution in [2.75, 3.05) is 25.0 Å². The topological polar surface area (TPSA) is 61.4 Å². The summed E-state index contributed by atoms with van der Waals surface area (Å²) >= 11 is 1.46. The van der Waals surface area contributed by atoms with Gasteiger partial charge < -0.3 is 10.2 Å². The SMILES string of the molecule is Cc1ccc(NC(=O)NCC2CCN(C(=O)C(F)(F)F)CC2)s1. The third kappa shape index (κ3) is 5.12. The second-order valence-corrected chi connectivity index (χ2v) is 6.77. The van der Waals surface area contributed by atoms with Crippen molar-refractivity contribution in [3.8, 4) is 0 Å². The number of piperidine rings is 1. The van der Waals surface area contributed by atoms with E-state index in [2.05, 4.69) is 10.6 Å². The zero-order valence-corrected chi connectivity index (χ0v) is 13.4. The van der Waals surface area contributed by atoms with Crippen molar-refractivity contribution >= 4 is 28.3 Å². The van der Waals surface area contributed by atoms with Crippen LogP contribution in [0.4, 0.5) is 23.0 Å². The highest BCUT2D eigenvalue weighted by Gasteiger charge is 2.43. The Morgan fingerprint density at radius 2 is 1.96 bits per heavy atom. The number of nitrogens with zero attached hydrogens (tertiary/aromatic N) is 1. The monoisotopic (exact) mass is 349 g/mol. The molecule has 23 heavy (non-hydrogen) atoms. The minimum atomic E-state index is -4.82. The molecule has 0 aliphatic carbocycles. The summed E-state index contributed by atoms with van der Waals surface area (Å²) in [4.78, 5) is 24.8. The number of amides is 3. The van der Waals surface area contributed by atoms with E-state index in [4.69, 9.17) is 0 Å². The number of carbonyl (C=O) groups is 2. The van der Waals surface area contributed by atoms with Crippen molar-refractivity contribution in [3.63, 3.8) is 0 Å². The van der Waals surface area contributed by atoms with Crippen LogP contribution in [0.25, 0.3) is 0 Å². The van der Waals surface area contributed by atoms with E-state index in [1.807, 2.05) is 13.0 Å². The molecule has 5 nitrogen and oxygen atoms in total. The average Bonchev–Trinajstić information content (AvgIpc) is 2.89. The highest BCUT2D eigenvalue weighted by atomic mass is 32.1. The molecule has 0 bridgehead atoms. The summed E-state index contributed by atoms with van der Waals surface area (Å²) in [5, 5.41) is 6.16. The summed E-state index contributed by atoms with van der Waals surface area (Å²) in [6, 6.07) is 3.37. The number of rotatable bonds is 3. The Morgan fingerprint density at radius 1 is 1.30 bits per heavy atom. The molecule has 0 saturated carbocycles. The highest BCUT2D eigenvalue weighted by molar-refractivity contribution is 7.16. The van der Waals surface area contributed by atoms with Gasteiger partial charge in [-0.25, -0.2) is 4.79 Å². The molecule has 9 heteroatoms. The number of likely N-dealkylation sites (tertiary alicyclic amines) is 1. The molecule has 2 N–H and O–H groups in total. The zero-order valence-electron chi connectivity index (χ0n) is 12.6. The van der Waals surface area contributed by atoms with E-state index in [1.54, 1.807) is 6.07 Å². The summed E-state index contributed by atoms with van der Waals surface area (Å²) in [7, 11) is 0. The maximum atomic E-state index is 12.3.